The number of methoxy groups -OCH3 is 1. The van der Waals surface area contributed by atoms with E-state index in [-0.39, 0.29) is 12.0 Å². The lowest BCUT2D eigenvalue weighted by atomic mass is 10.2. The van der Waals surface area contributed by atoms with Crippen molar-refractivity contribution in [3.05, 3.63) is 42.5 Å². The third kappa shape index (κ3) is 3.57. The summed E-state index contributed by atoms with van der Waals surface area (Å²) in [6, 6.07) is 8.61. The van der Waals surface area contributed by atoms with Gasteiger partial charge in [0.2, 0.25) is 0 Å². The Morgan fingerprint density at radius 3 is 2.44 bits per heavy atom. The Kier molecular flexibility index (Phi) is 4.27. The smallest absolute Gasteiger partial charge is 0.333 e. The molecule has 0 unspecified atom stereocenters. The van der Waals surface area contributed by atoms with Gasteiger partial charge in [-0.15, -0.1) is 0 Å². The van der Waals surface area contributed by atoms with Gasteiger partial charge in [-0.1, -0.05) is 24.8 Å². The zero-order valence-electron chi connectivity index (χ0n) is 8.93. The molecule has 0 spiro atoms. The molecule has 0 heterocycles. The number of hydrogen-bond acceptors (Lipinski definition) is 4. The third-order valence-electron chi connectivity index (χ3n) is 1.81. The number of carbonyl (C=O) groups excluding carboxylic acids is 2. The second-order valence-electron chi connectivity index (χ2n) is 3.06. The highest BCUT2D eigenvalue weighted by atomic mass is 16.5. The molecule has 4 nitrogen and oxygen atoms in total. The van der Waals surface area contributed by atoms with Crippen molar-refractivity contribution in [1.29, 1.82) is 0 Å². The topological polar surface area (TPSA) is 52.6 Å². The maximum atomic E-state index is 11.4. The predicted octanol–water partition coefficient (Wildman–Crippen LogP) is 1.71. The van der Waals surface area contributed by atoms with Crippen LogP contribution in [0.5, 0.6) is 5.75 Å². The molecule has 0 aromatic heterocycles. The summed E-state index contributed by atoms with van der Waals surface area (Å²) in [6.45, 7) is 3.43. The van der Waals surface area contributed by atoms with Crippen molar-refractivity contribution in [3.63, 3.8) is 0 Å². The molecular formula is C12H12O4. The molecule has 0 N–H and O–H groups in total. The summed E-state index contributed by atoms with van der Waals surface area (Å²) in [7, 11) is 1.23. The first-order valence-corrected chi connectivity index (χ1v) is 4.65. The summed E-state index contributed by atoms with van der Waals surface area (Å²) in [5.74, 6) is -0.711. The fourth-order valence-corrected chi connectivity index (χ4v) is 1.05. The SMILES string of the molecule is C=C(CC(=O)Oc1ccccc1)C(=O)OC. The van der Waals surface area contributed by atoms with Gasteiger partial charge in [0.1, 0.15) is 5.75 Å². The molecule has 0 aliphatic carbocycles. The van der Waals surface area contributed by atoms with Gasteiger partial charge in [-0.2, -0.15) is 0 Å². The molecular weight excluding hydrogens is 208 g/mol. The van der Waals surface area contributed by atoms with Gasteiger partial charge in [0.05, 0.1) is 13.5 Å². The van der Waals surface area contributed by atoms with Crippen LogP contribution in [0.15, 0.2) is 42.5 Å². The van der Waals surface area contributed by atoms with E-state index >= 15 is 0 Å². The van der Waals surface area contributed by atoms with Crippen LogP contribution in [0.3, 0.4) is 0 Å². The molecule has 16 heavy (non-hydrogen) atoms. The van der Waals surface area contributed by atoms with Crippen molar-refractivity contribution >= 4 is 11.9 Å². The summed E-state index contributed by atoms with van der Waals surface area (Å²) in [5, 5.41) is 0. The van der Waals surface area contributed by atoms with Gasteiger partial charge < -0.3 is 9.47 Å². The number of ether oxygens (including phenoxy) is 2. The molecule has 1 aromatic rings. The average molecular weight is 220 g/mol. The van der Waals surface area contributed by atoms with Gasteiger partial charge in [0.25, 0.3) is 0 Å². The van der Waals surface area contributed by atoms with Crippen molar-refractivity contribution in [3.8, 4) is 5.75 Å². The fourth-order valence-electron chi connectivity index (χ4n) is 1.05. The minimum atomic E-state index is -0.606. The summed E-state index contributed by atoms with van der Waals surface area (Å²) < 4.78 is 9.39. The minimum absolute atomic E-state index is 0.0726. The van der Waals surface area contributed by atoms with E-state index in [4.69, 9.17) is 4.74 Å². The Balaban J connectivity index is 2.49. The first kappa shape index (κ1) is 12.0. The molecule has 0 radical (unpaired) electrons. The van der Waals surface area contributed by atoms with Crippen molar-refractivity contribution in [1.82, 2.24) is 0 Å². The Morgan fingerprint density at radius 1 is 1.25 bits per heavy atom. The quantitative estimate of drug-likeness (QED) is 0.440. The normalized spacial score (nSPS) is 9.31. The van der Waals surface area contributed by atoms with Crippen LogP contribution in [0, 0.1) is 0 Å². The average Bonchev–Trinajstić information content (AvgIpc) is 2.29. The highest BCUT2D eigenvalue weighted by molar-refractivity contribution is 5.93. The zero-order valence-corrected chi connectivity index (χ0v) is 8.93. The van der Waals surface area contributed by atoms with Crippen LogP contribution >= 0.6 is 0 Å². The minimum Gasteiger partial charge on any atom is -0.466 e. The summed E-state index contributed by atoms with van der Waals surface area (Å²) >= 11 is 0. The van der Waals surface area contributed by atoms with E-state index in [1.807, 2.05) is 6.07 Å². The first-order chi connectivity index (χ1) is 7.63. The molecule has 84 valence electrons. The van der Waals surface area contributed by atoms with E-state index in [1.165, 1.54) is 7.11 Å². The fraction of sp³-hybridized carbons (Fsp3) is 0.167. The van der Waals surface area contributed by atoms with E-state index in [2.05, 4.69) is 11.3 Å². The standard InChI is InChI=1S/C12H12O4/c1-9(12(14)15-2)8-11(13)16-10-6-4-3-5-7-10/h3-7H,1,8H2,2H3. The lowest BCUT2D eigenvalue weighted by molar-refractivity contribution is -0.139. The van der Waals surface area contributed by atoms with E-state index in [1.54, 1.807) is 24.3 Å². The van der Waals surface area contributed by atoms with Gasteiger partial charge in [-0.25, -0.2) is 4.79 Å². The van der Waals surface area contributed by atoms with Crippen LogP contribution < -0.4 is 4.74 Å². The number of benzene rings is 1. The van der Waals surface area contributed by atoms with Gasteiger partial charge in [-0.05, 0) is 12.1 Å². The molecule has 0 aliphatic heterocycles. The first-order valence-electron chi connectivity index (χ1n) is 4.65. The Morgan fingerprint density at radius 2 is 1.88 bits per heavy atom. The van der Waals surface area contributed by atoms with E-state index in [0.29, 0.717) is 5.75 Å². The number of carbonyl (C=O) groups is 2. The Labute approximate surface area is 93.5 Å². The summed E-state index contributed by atoms with van der Waals surface area (Å²) in [4.78, 5) is 22.3. The molecule has 1 rings (SSSR count). The van der Waals surface area contributed by atoms with Crippen LogP contribution in [0.1, 0.15) is 6.42 Å². The second kappa shape index (κ2) is 5.70. The largest absolute Gasteiger partial charge is 0.466 e. The Bertz CT molecular complexity index is 395. The van der Waals surface area contributed by atoms with E-state index < -0.39 is 11.9 Å². The molecule has 0 fully saturated rings. The highest BCUT2D eigenvalue weighted by Gasteiger charge is 2.13. The molecule has 4 heteroatoms. The summed E-state index contributed by atoms with van der Waals surface area (Å²) in [6.07, 6.45) is -0.179. The van der Waals surface area contributed by atoms with Gasteiger partial charge in [-0.3, -0.25) is 4.79 Å². The summed E-state index contributed by atoms with van der Waals surface area (Å²) in [5.41, 5.74) is 0.0726. The molecule has 0 saturated heterocycles. The van der Waals surface area contributed by atoms with E-state index in [9.17, 15) is 9.59 Å². The Hall–Kier alpha value is -2.10. The lowest BCUT2D eigenvalue weighted by Gasteiger charge is -2.04. The van der Waals surface area contributed by atoms with Crippen molar-refractivity contribution in [2.24, 2.45) is 0 Å². The molecule has 0 bridgehead atoms. The second-order valence-corrected chi connectivity index (χ2v) is 3.06. The lowest BCUT2D eigenvalue weighted by Crippen LogP contribution is -2.13. The number of para-hydroxylation sites is 1. The van der Waals surface area contributed by atoms with Crippen molar-refractivity contribution in [2.45, 2.75) is 6.42 Å². The van der Waals surface area contributed by atoms with Crippen LogP contribution in [-0.2, 0) is 14.3 Å². The zero-order chi connectivity index (χ0) is 12.0. The molecule has 0 saturated carbocycles. The predicted molar refractivity (Wildman–Crippen MR) is 57.9 cm³/mol. The maximum absolute atomic E-state index is 11.4. The molecule has 0 aliphatic rings. The van der Waals surface area contributed by atoms with Crippen LogP contribution in [0.25, 0.3) is 0 Å². The van der Waals surface area contributed by atoms with Crippen molar-refractivity contribution < 1.29 is 19.1 Å². The molecule has 0 atom stereocenters. The maximum Gasteiger partial charge on any atom is 0.333 e. The molecule has 0 amide bonds. The van der Waals surface area contributed by atoms with Crippen LogP contribution in [0.2, 0.25) is 0 Å². The van der Waals surface area contributed by atoms with Gasteiger partial charge >= 0.3 is 11.9 Å². The van der Waals surface area contributed by atoms with Crippen LogP contribution in [0.4, 0.5) is 0 Å². The highest BCUT2D eigenvalue weighted by Crippen LogP contribution is 2.11. The third-order valence-corrected chi connectivity index (χ3v) is 1.81. The van der Waals surface area contributed by atoms with E-state index in [0.717, 1.165) is 0 Å². The number of rotatable bonds is 4. The van der Waals surface area contributed by atoms with Crippen LogP contribution in [-0.4, -0.2) is 19.0 Å². The van der Waals surface area contributed by atoms with Gasteiger partial charge in [0.15, 0.2) is 0 Å². The monoisotopic (exact) mass is 220 g/mol. The van der Waals surface area contributed by atoms with Crippen molar-refractivity contribution in [2.75, 3.05) is 7.11 Å². The molecule has 1 aromatic carbocycles. The number of hydrogen-bond donors (Lipinski definition) is 0. The van der Waals surface area contributed by atoms with Gasteiger partial charge in [0, 0.05) is 5.57 Å². The number of esters is 2.